The topological polar surface area (TPSA) is 73.5 Å². The van der Waals surface area contributed by atoms with Crippen LogP contribution >= 0.6 is 15.9 Å². The van der Waals surface area contributed by atoms with Crippen molar-refractivity contribution < 1.29 is 9.59 Å². The third-order valence-electron chi connectivity index (χ3n) is 5.07. The molecule has 2 aromatic rings. The summed E-state index contributed by atoms with van der Waals surface area (Å²) >= 11 is 3.52. The summed E-state index contributed by atoms with van der Waals surface area (Å²) in [6.07, 6.45) is 1.06. The maximum absolute atomic E-state index is 12.3. The van der Waals surface area contributed by atoms with Crippen LogP contribution in [0.25, 0.3) is 0 Å². The first-order valence-corrected chi connectivity index (χ1v) is 10.6. The monoisotopic (exact) mass is 458 g/mol. The second-order valence-electron chi connectivity index (χ2n) is 7.46. The van der Waals surface area contributed by atoms with Crippen LogP contribution < -0.4 is 20.9 Å². The van der Waals surface area contributed by atoms with Gasteiger partial charge in [-0.25, -0.2) is 4.79 Å². The lowest BCUT2D eigenvalue weighted by Crippen LogP contribution is -2.40. The van der Waals surface area contributed by atoms with Gasteiger partial charge in [0, 0.05) is 42.4 Å². The van der Waals surface area contributed by atoms with Gasteiger partial charge in [0.25, 0.3) is 0 Å². The van der Waals surface area contributed by atoms with Crippen LogP contribution in [-0.4, -0.2) is 31.6 Å². The van der Waals surface area contributed by atoms with E-state index >= 15 is 0 Å². The normalized spacial score (nSPS) is 16.9. The number of amides is 3. The van der Waals surface area contributed by atoms with Gasteiger partial charge < -0.3 is 20.9 Å². The maximum Gasteiger partial charge on any atom is 0.315 e. The van der Waals surface area contributed by atoms with Crippen LogP contribution in [0.4, 0.5) is 16.2 Å². The fourth-order valence-corrected chi connectivity index (χ4v) is 3.95. The molecule has 3 N–H and O–H groups in total. The molecule has 1 aliphatic heterocycles. The molecular weight excluding hydrogens is 432 g/mol. The largest absolute Gasteiger partial charge is 0.371 e. The van der Waals surface area contributed by atoms with Gasteiger partial charge in [-0.1, -0.05) is 34.1 Å². The van der Waals surface area contributed by atoms with Gasteiger partial charge in [-0.3, -0.25) is 4.79 Å². The van der Waals surface area contributed by atoms with Gasteiger partial charge in [-0.05, 0) is 55.2 Å². The predicted molar refractivity (Wildman–Crippen MR) is 120 cm³/mol. The minimum Gasteiger partial charge on any atom is -0.371 e. The standard InChI is InChI=1S/C22H27BrN4O2/c1-15(18-5-3-7-20(11-18)26-16(2)28)25-22(29)24-13-17-9-10-27(14-17)21-8-4-6-19(23)12-21/h3-8,11-12,15,17H,9-10,13-14H2,1-2H3,(H,26,28)(H2,24,25,29). The Morgan fingerprint density at radius 3 is 2.76 bits per heavy atom. The second-order valence-corrected chi connectivity index (χ2v) is 8.38. The number of nitrogens with one attached hydrogen (secondary N) is 3. The molecule has 2 atom stereocenters. The summed E-state index contributed by atoms with van der Waals surface area (Å²) in [5.41, 5.74) is 2.87. The third kappa shape index (κ3) is 6.22. The molecule has 3 rings (SSSR count). The number of carbonyl (C=O) groups excluding carboxylic acids is 2. The highest BCUT2D eigenvalue weighted by Crippen LogP contribution is 2.26. The lowest BCUT2D eigenvalue weighted by molar-refractivity contribution is -0.114. The number of anilines is 2. The molecule has 0 saturated carbocycles. The molecule has 154 valence electrons. The molecular formula is C22H27BrN4O2. The highest BCUT2D eigenvalue weighted by molar-refractivity contribution is 9.10. The molecule has 1 heterocycles. The maximum atomic E-state index is 12.3. The number of urea groups is 1. The molecule has 0 spiro atoms. The van der Waals surface area contributed by atoms with E-state index in [1.165, 1.54) is 12.6 Å². The molecule has 0 bridgehead atoms. The van der Waals surface area contributed by atoms with E-state index in [9.17, 15) is 9.59 Å². The molecule has 29 heavy (non-hydrogen) atoms. The average molecular weight is 459 g/mol. The van der Waals surface area contributed by atoms with Crippen molar-refractivity contribution in [1.82, 2.24) is 10.6 Å². The van der Waals surface area contributed by atoms with Crippen molar-refractivity contribution in [3.05, 3.63) is 58.6 Å². The van der Waals surface area contributed by atoms with Crippen molar-refractivity contribution in [2.75, 3.05) is 29.9 Å². The molecule has 1 saturated heterocycles. The first kappa shape index (κ1) is 21.2. The summed E-state index contributed by atoms with van der Waals surface area (Å²) in [7, 11) is 0. The predicted octanol–water partition coefficient (Wildman–Crippen LogP) is 4.29. The van der Waals surface area contributed by atoms with Crippen molar-refractivity contribution in [3.8, 4) is 0 Å². The van der Waals surface area contributed by atoms with E-state index in [4.69, 9.17) is 0 Å². The average Bonchev–Trinajstić information content (AvgIpc) is 3.15. The van der Waals surface area contributed by atoms with Gasteiger partial charge in [-0.15, -0.1) is 0 Å². The summed E-state index contributed by atoms with van der Waals surface area (Å²) in [5.74, 6) is 0.312. The van der Waals surface area contributed by atoms with Crippen molar-refractivity contribution in [3.63, 3.8) is 0 Å². The number of hydrogen-bond acceptors (Lipinski definition) is 3. The first-order chi connectivity index (χ1) is 13.9. The number of halogens is 1. The van der Waals surface area contributed by atoms with E-state index in [0.29, 0.717) is 12.5 Å². The van der Waals surface area contributed by atoms with E-state index in [2.05, 4.69) is 48.9 Å². The number of carbonyl (C=O) groups is 2. The SMILES string of the molecule is CC(=O)Nc1cccc(C(C)NC(=O)NCC2CCN(c3cccc(Br)c3)C2)c1. The second kappa shape index (κ2) is 9.78. The van der Waals surface area contributed by atoms with Gasteiger partial charge in [0.05, 0.1) is 6.04 Å². The van der Waals surface area contributed by atoms with Crippen molar-refractivity contribution in [1.29, 1.82) is 0 Å². The van der Waals surface area contributed by atoms with E-state index < -0.39 is 0 Å². The number of nitrogens with zero attached hydrogens (tertiary/aromatic N) is 1. The van der Waals surface area contributed by atoms with Crippen LogP contribution in [0, 0.1) is 5.92 Å². The molecule has 0 aliphatic carbocycles. The molecule has 2 aromatic carbocycles. The third-order valence-corrected chi connectivity index (χ3v) is 5.56. The highest BCUT2D eigenvalue weighted by Gasteiger charge is 2.23. The minimum atomic E-state index is -0.177. The van der Waals surface area contributed by atoms with Crippen molar-refractivity contribution in [2.24, 2.45) is 5.92 Å². The van der Waals surface area contributed by atoms with Crippen LogP contribution in [0.5, 0.6) is 0 Å². The quantitative estimate of drug-likeness (QED) is 0.604. The van der Waals surface area contributed by atoms with Crippen LogP contribution in [0.1, 0.15) is 31.9 Å². The molecule has 2 unspecified atom stereocenters. The van der Waals surface area contributed by atoms with Gasteiger partial charge in [-0.2, -0.15) is 0 Å². The van der Waals surface area contributed by atoms with Gasteiger partial charge in [0.15, 0.2) is 0 Å². The molecule has 1 aliphatic rings. The summed E-state index contributed by atoms with van der Waals surface area (Å²) in [6.45, 7) is 5.98. The molecule has 1 fully saturated rings. The summed E-state index contributed by atoms with van der Waals surface area (Å²) in [5, 5.41) is 8.73. The Bertz CT molecular complexity index is 873. The Balaban J connectivity index is 1.46. The summed E-state index contributed by atoms with van der Waals surface area (Å²) in [6, 6.07) is 15.5. The van der Waals surface area contributed by atoms with Crippen molar-refractivity contribution in [2.45, 2.75) is 26.3 Å². The summed E-state index contributed by atoms with van der Waals surface area (Å²) in [4.78, 5) is 25.9. The zero-order valence-electron chi connectivity index (χ0n) is 16.7. The van der Waals surface area contributed by atoms with Crippen LogP contribution in [0.15, 0.2) is 53.0 Å². The van der Waals surface area contributed by atoms with E-state index in [1.54, 1.807) is 0 Å². The number of rotatable bonds is 6. The van der Waals surface area contributed by atoms with Gasteiger partial charge >= 0.3 is 6.03 Å². The highest BCUT2D eigenvalue weighted by atomic mass is 79.9. The number of hydrogen-bond donors (Lipinski definition) is 3. The Morgan fingerprint density at radius 1 is 1.21 bits per heavy atom. The fourth-order valence-electron chi connectivity index (χ4n) is 3.56. The fraction of sp³-hybridized carbons (Fsp3) is 0.364. The van der Waals surface area contributed by atoms with Crippen LogP contribution in [0.2, 0.25) is 0 Å². The van der Waals surface area contributed by atoms with Gasteiger partial charge in [0.1, 0.15) is 0 Å². The van der Waals surface area contributed by atoms with Crippen LogP contribution in [0.3, 0.4) is 0 Å². The van der Waals surface area contributed by atoms with Crippen molar-refractivity contribution >= 4 is 39.2 Å². The Kier molecular flexibility index (Phi) is 7.14. The molecule has 6 nitrogen and oxygen atoms in total. The van der Waals surface area contributed by atoms with Gasteiger partial charge in [0.2, 0.25) is 5.91 Å². The first-order valence-electron chi connectivity index (χ1n) is 9.83. The zero-order valence-corrected chi connectivity index (χ0v) is 18.3. The number of benzene rings is 2. The smallest absolute Gasteiger partial charge is 0.315 e. The van der Waals surface area contributed by atoms with E-state index in [-0.39, 0.29) is 18.0 Å². The minimum absolute atomic E-state index is 0.117. The summed E-state index contributed by atoms with van der Waals surface area (Å²) < 4.78 is 1.08. The molecule has 7 heteroatoms. The van der Waals surface area contributed by atoms with Crippen LogP contribution in [-0.2, 0) is 4.79 Å². The molecule has 0 radical (unpaired) electrons. The van der Waals surface area contributed by atoms with E-state index in [0.717, 1.165) is 35.2 Å². The molecule has 3 amide bonds. The zero-order chi connectivity index (χ0) is 20.8. The Labute approximate surface area is 180 Å². The molecule has 0 aromatic heterocycles. The Morgan fingerprint density at radius 2 is 2.00 bits per heavy atom. The Hall–Kier alpha value is -2.54. The lowest BCUT2D eigenvalue weighted by atomic mass is 10.1. The van der Waals surface area contributed by atoms with E-state index in [1.807, 2.05) is 43.3 Å². The lowest BCUT2D eigenvalue weighted by Gasteiger charge is -2.20.